The van der Waals surface area contributed by atoms with E-state index in [4.69, 9.17) is 0 Å². The number of hydrogen-bond acceptors (Lipinski definition) is 0. The minimum absolute atomic E-state index is 0. The Bertz CT molecular complexity index is 2270. The van der Waals surface area contributed by atoms with Crippen molar-refractivity contribution in [3.63, 3.8) is 0 Å². The predicted octanol–water partition coefficient (Wildman–Crippen LogP) is 5.84. The fraction of sp³-hybridized carbons (Fsp3) is 0.0976. The smallest absolute Gasteiger partial charge is 1.00 e. The van der Waals surface area contributed by atoms with Gasteiger partial charge in [-0.15, -0.1) is 0 Å². The zero-order valence-corrected chi connectivity index (χ0v) is 30.1. The maximum atomic E-state index is 13.7. The number of allylic oxidation sites excluding steroid dienone is 4. The molecular formula is C41H26Cl2F6Zr. The molecule has 6 aromatic rings. The number of alkyl halides is 6. The van der Waals surface area contributed by atoms with E-state index < -0.39 is 44.7 Å². The minimum atomic E-state index is -4.52. The molecule has 250 valence electrons. The van der Waals surface area contributed by atoms with E-state index in [1.807, 2.05) is 42.5 Å². The van der Waals surface area contributed by atoms with Gasteiger partial charge in [-0.3, -0.25) is 0 Å². The molecule has 6 aromatic carbocycles. The average Bonchev–Trinajstić information content (AvgIpc) is 3.74. The summed E-state index contributed by atoms with van der Waals surface area (Å²) in [4.78, 5) is 0. The van der Waals surface area contributed by atoms with Crippen LogP contribution in [0.2, 0.25) is 0 Å². The predicted molar refractivity (Wildman–Crippen MR) is 177 cm³/mol. The quantitative estimate of drug-likeness (QED) is 0.156. The van der Waals surface area contributed by atoms with Gasteiger partial charge in [0.1, 0.15) is 0 Å². The molecule has 0 radical (unpaired) electrons. The van der Waals surface area contributed by atoms with Crippen LogP contribution < -0.4 is 24.8 Å². The molecule has 0 aliphatic heterocycles. The topological polar surface area (TPSA) is 0 Å². The van der Waals surface area contributed by atoms with Crippen molar-refractivity contribution in [2.45, 2.75) is 22.4 Å². The molecular weight excluding hydrogens is 769 g/mol. The first-order chi connectivity index (χ1) is 23.1. The van der Waals surface area contributed by atoms with Gasteiger partial charge in [0.15, 0.2) is 0 Å². The summed E-state index contributed by atoms with van der Waals surface area (Å²) in [6.07, 6.45) is -2.10. The molecule has 0 heterocycles. The molecule has 0 saturated heterocycles. The van der Waals surface area contributed by atoms with Gasteiger partial charge in [0.25, 0.3) is 0 Å². The van der Waals surface area contributed by atoms with Gasteiger partial charge in [-0.2, -0.15) is 0 Å². The van der Waals surface area contributed by atoms with Crippen LogP contribution in [-0.4, -0.2) is 3.21 Å². The Labute approximate surface area is 305 Å². The summed E-state index contributed by atoms with van der Waals surface area (Å²) < 4.78 is 84.5. The first-order valence-corrected chi connectivity index (χ1v) is 19.5. The second-order valence-electron chi connectivity index (χ2n) is 12.2. The van der Waals surface area contributed by atoms with Crippen LogP contribution in [0.5, 0.6) is 0 Å². The van der Waals surface area contributed by atoms with Crippen LogP contribution in [0.3, 0.4) is 0 Å². The summed E-state index contributed by atoms with van der Waals surface area (Å²) in [5, 5.41) is 4.52. The van der Waals surface area contributed by atoms with E-state index >= 15 is 0 Å². The molecule has 0 amide bonds. The van der Waals surface area contributed by atoms with Gasteiger partial charge in [0.2, 0.25) is 0 Å². The maximum absolute atomic E-state index is 13.7. The van der Waals surface area contributed by atoms with Gasteiger partial charge in [-0.25, -0.2) is 0 Å². The third-order valence-electron chi connectivity index (χ3n) is 9.48. The van der Waals surface area contributed by atoms with Gasteiger partial charge < -0.3 is 24.8 Å². The number of fused-ring (bicyclic) bond motifs is 8. The van der Waals surface area contributed by atoms with Crippen molar-refractivity contribution in [1.29, 1.82) is 0 Å². The largest absolute Gasteiger partial charge is 1.00 e. The van der Waals surface area contributed by atoms with Crippen LogP contribution in [-0.2, 0) is 33.6 Å². The SMILES string of the molecule is FC(F)(F)c1ccc([C](c2ccc(C(F)(F)F)cc2)=[Zr+2]([C]2=CC=CC2)[CH]2c3ccccc3-c3c2c2ccccc2c2ccccc32)cc1.[Cl-].[Cl-]. The van der Waals surface area contributed by atoms with Gasteiger partial charge in [-0.05, 0) is 0 Å². The van der Waals surface area contributed by atoms with E-state index in [0.29, 0.717) is 17.5 Å². The van der Waals surface area contributed by atoms with Crippen LogP contribution in [0.4, 0.5) is 26.3 Å². The number of rotatable bonds is 4. The summed E-state index contributed by atoms with van der Waals surface area (Å²) in [6.45, 7) is 0. The van der Waals surface area contributed by atoms with E-state index in [1.165, 1.54) is 33.1 Å². The standard InChI is InChI=1S/C21H13.C15H8F6.C5H5.2ClH.Zr/c1-2-8-15-14(7-1)13-20-18-11-4-3-9-16(18)17-10-5-6-12-19(17)21(15)20;16-14(17,18)12-5-1-10(2-6-12)9-11-3-7-13(8-4-11)15(19,20)21;1-2-4-5-3-1;;;/h1-13H;1-8H;1-3H,4H2;2*1H;/q;;;;;+2/p-2. The van der Waals surface area contributed by atoms with Crippen LogP contribution >= 0.6 is 0 Å². The Balaban J connectivity index is 0.00000216. The van der Waals surface area contributed by atoms with E-state index in [1.54, 1.807) is 0 Å². The Morgan fingerprint density at radius 1 is 0.560 bits per heavy atom. The maximum Gasteiger partial charge on any atom is -1.00 e. The first-order valence-electron chi connectivity index (χ1n) is 15.6. The van der Waals surface area contributed by atoms with Crippen molar-refractivity contribution in [2.75, 3.05) is 0 Å². The molecule has 9 heteroatoms. The Kier molecular flexibility index (Phi) is 9.91. The number of benzene rings is 6. The number of halogens is 8. The zero-order chi connectivity index (χ0) is 33.2. The molecule has 0 spiro atoms. The van der Waals surface area contributed by atoms with E-state index in [-0.39, 0.29) is 28.4 Å². The Hall–Kier alpha value is -3.77. The molecule has 0 aromatic heterocycles. The summed E-state index contributed by atoms with van der Waals surface area (Å²) >= 11 is -3.41. The fourth-order valence-electron chi connectivity index (χ4n) is 7.46. The first kappa shape index (κ1) is 36.0. The van der Waals surface area contributed by atoms with E-state index in [2.05, 4.69) is 48.6 Å². The van der Waals surface area contributed by atoms with Crippen LogP contribution in [0.25, 0.3) is 32.7 Å². The number of hydrogen-bond donors (Lipinski definition) is 0. The summed E-state index contributed by atoms with van der Waals surface area (Å²) in [5.41, 5.74) is 4.34. The molecule has 2 aliphatic carbocycles. The van der Waals surface area contributed by atoms with Crippen molar-refractivity contribution in [3.05, 3.63) is 176 Å². The monoisotopic (exact) mass is 792 g/mol. The second-order valence-corrected chi connectivity index (χ2v) is 18.4. The molecule has 0 fully saturated rings. The van der Waals surface area contributed by atoms with Gasteiger partial charge in [0, 0.05) is 0 Å². The molecule has 1 atom stereocenters. The van der Waals surface area contributed by atoms with Crippen molar-refractivity contribution in [2.24, 2.45) is 0 Å². The molecule has 0 saturated carbocycles. The van der Waals surface area contributed by atoms with Crippen LogP contribution in [0, 0.1) is 0 Å². The zero-order valence-electron chi connectivity index (χ0n) is 26.1. The molecule has 0 bridgehead atoms. The molecule has 1 unspecified atom stereocenters. The average molecular weight is 795 g/mol. The Morgan fingerprint density at radius 2 is 1.04 bits per heavy atom. The van der Waals surface area contributed by atoms with Crippen molar-refractivity contribution in [3.8, 4) is 11.1 Å². The molecule has 8 rings (SSSR count). The van der Waals surface area contributed by atoms with Crippen LogP contribution in [0.15, 0.2) is 143 Å². The Morgan fingerprint density at radius 3 is 1.56 bits per heavy atom. The van der Waals surface area contributed by atoms with Gasteiger partial charge in [0.05, 0.1) is 0 Å². The fourth-order valence-corrected chi connectivity index (χ4v) is 16.6. The van der Waals surface area contributed by atoms with Crippen LogP contribution in [0.1, 0.15) is 43.4 Å². The van der Waals surface area contributed by atoms with E-state index in [9.17, 15) is 26.3 Å². The second kappa shape index (κ2) is 13.7. The summed E-state index contributed by atoms with van der Waals surface area (Å²) in [7, 11) is 0. The van der Waals surface area contributed by atoms with Gasteiger partial charge >= 0.3 is 282 Å². The minimum Gasteiger partial charge on any atom is -1.00 e. The normalized spacial score (nSPS) is 14.7. The van der Waals surface area contributed by atoms with Crippen molar-refractivity contribution < 1.29 is 72.4 Å². The molecule has 2 aliphatic rings. The summed E-state index contributed by atoms with van der Waals surface area (Å²) in [6, 6.07) is 35.4. The molecule has 50 heavy (non-hydrogen) atoms. The van der Waals surface area contributed by atoms with Crippen molar-refractivity contribution >= 4 is 24.8 Å². The van der Waals surface area contributed by atoms with Gasteiger partial charge in [-0.1, -0.05) is 0 Å². The van der Waals surface area contributed by atoms with E-state index in [0.717, 1.165) is 65.7 Å². The summed E-state index contributed by atoms with van der Waals surface area (Å²) in [5.74, 6) is 0. The third-order valence-corrected chi connectivity index (χ3v) is 17.7. The third kappa shape index (κ3) is 6.12. The molecule has 0 nitrogen and oxygen atoms in total. The van der Waals surface area contributed by atoms with Crippen molar-refractivity contribution in [1.82, 2.24) is 0 Å². The molecule has 0 N–H and O–H groups in total.